The second kappa shape index (κ2) is 26.0. The van der Waals surface area contributed by atoms with E-state index in [1.807, 2.05) is 0 Å². The molecule has 0 radical (unpaired) electrons. The maximum Gasteiger partial charge on any atom is 0.407 e. The smallest absolute Gasteiger partial charge is 0.407 e. The number of hydrogen-bond acceptors (Lipinski definition) is 11. The fraction of sp³-hybridized carbons (Fsp3) is 0.576. The van der Waals surface area contributed by atoms with Crippen LogP contribution in [0.1, 0.15) is 58.8 Å². The first-order valence-corrected chi connectivity index (χ1v) is 15.6. The molecular formula is C33H50N2O11. The molecule has 0 atom stereocenters. The number of esters is 2. The lowest BCUT2D eigenvalue weighted by atomic mass is 10.2. The molecule has 1 aromatic rings. The molecule has 0 aliphatic carbocycles. The Balaban J connectivity index is 1.97. The van der Waals surface area contributed by atoms with Crippen LogP contribution >= 0.6 is 0 Å². The van der Waals surface area contributed by atoms with Gasteiger partial charge in [-0.3, -0.25) is 0 Å². The first kappa shape index (κ1) is 39.8. The summed E-state index contributed by atoms with van der Waals surface area (Å²) in [6.45, 7) is 13.5. The predicted octanol–water partition coefficient (Wildman–Crippen LogP) is 4.88. The second-order valence-corrected chi connectivity index (χ2v) is 10.2. The monoisotopic (exact) mass is 650 g/mol. The minimum Gasteiger partial charge on any atom is -0.491 e. The minimum atomic E-state index is -0.520. The first-order valence-electron chi connectivity index (χ1n) is 15.6. The van der Waals surface area contributed by atoms with Gasteiger partial charge < -0.3 is 43.8 Å². The number of hydrogen-bond donors (Lipinski definition) is 2. The van der Waals surface area contributed by atoms with Crippen LogP contribution in [0, 0.1) is 0 Å². The maximum atomic E-state index is 11.8. The average Bonchev–Trinajstić information content (AvgIpc) is 3.03. The molecule has 0 saturated carbocycles. The number of benzene rings is 1. The third-order valence-corrected chi connectivity index (χ3v) is 5.90. The van der Waals surface area contributed by atoms with Crippen molar-refractivity contribution in [1.29, 1.82) is 0 Å². The topological polar surface area (TPSA) is 157 Å². The van der Waals surface area contributed by atoms with E-state index in [-0.39, 0.29) is 25.8 Å². The zero-order valence-corrected chi connectivity index (χ0v) is 27.2. The summed E-state index contributed by atoms with van der Waals surface area (Å²) in [7, 11) is 0. The van der Waals surface area contributed by atoms with Crippen LogP contribution in [0.25, 0.3) is 0 Å². The van der Waals surface area contributed by atoms with Crippen LogP contribution in [0.2, 0.25) is 0 Å². The van der Waals surface area contributed by atoms with Gasteiger partial charge in [-0.25, -0.2) is 19.2 Å². The van der Waals surface area contributed by atoms with E-state index >= 15 is 0 Å². The summed E-state index contributed by atoms with van der Waals surface area (Å²) >= 11 is 0. The van der Waals surface area contributed by atoms with Crippen molar-refractivity contribution in [3.8, 4) is 11.5 Å². The van der Waals surface area contributed by atoms with Gasteiger partial charge in [0.15, 0.2) is 0 Å². The number of amides is 2. The number of rotatable bonds is 26. The van der Waals surface area contributed by atoms with Crippen molar-refractivity contribution in [2.45, 2.75) is 58.8 Å². The Kier molecular flexibility index (Phi) is 22.5. The molecule has 258 valence electrons. The van der Waals surface area contributed by atoms with E-state index in [2.05, 4.69) is 23.8 Å². The van der Waals surface area contributed by atoms with Gasteiger partial charge in [0.1, 0.15) is 31.3 Å². The summed E-state index contributed by atoms with van der Waals surface area (Å²) in [4.78, 5) is 46.0. The number of ether oxygens (including phenoxy) is 7. The normalized spacial score (nSPS) is 10.3. The van der Waals surface area contributed by atoms with Gasteiger partial charge in [0, 0.05) is 43.3 Å². The first-order chi connectivity index (χ1) is 22.2. The highest BCUT2D eigenvalue weighted by atomic mass is 16.6. The Hall–Kier alpha value is -4.26. The van der Waals surface area contributed by atoms with Gasteiger partial charge >= 0.3 is 24.1 Å². The van der Waals surface area contributed by atoms with Crippen molar-refractivity contribution in [2.24, 2.45) is 0 Å². The standard InChI is InChI=1S/C33H50N2O11/c1-26(2)30(36)43-18-9-5-7-15-34-32(38)45-20-12-17-40-21-22-41-28-13-11-14-29(25-28)42-23-24-46-33(39)35-16-8-6-10-19-44-31(37)27(3)4/h11,13-14,25H,1,3,5-10,12,15-24H2,2,4H3,(H,34,38)(H,35,39). The molecule has 13 nitrogen and oxygen atoms in total. The fourth-order valence-electron chi connectivity index (χ4n) is 3.46. The summed E-state index contributed by atoms with van der Waals surface area (Å²) in [5.41, 5.74) is 0.752. The Bertz CT molecular complexity index is 1080. The van der Waals surface area contributed by atoms with Gasteiger partial charge in [-0.05, 0) is 64.5 Å². The number of carbonyl (C=O) groups excluding carboxylic acids is 4. The summed E-state index contributed by atoms with van der Waals surface area (Å²) in [6, 6.07) is 7.10. The van der Waals surface area contributed by atoms with Crippen LogP contribution in [0.5, 0.6) is 11.5 Å². The van der Waals surface area contributed by atoms with Crippen LogP contribution in [0.15, 0.2) is 48.6 Å². The van der Waals surface area contributed by atoms with Gasteiger partial charge in [0.2, 0.25) is 0 Å². The Morgan fingerprint density at radius 1 is 0.565 bits per heavy atom. The van der Waals surface area contributed by atoms with Crippen molar-refractivity contribution >= 4 is 24.1 Å². The van der Waals surface area contributed by atoms with Crippen molar-refractivity contribution in [1.82, 2.24) is 10.6 Å². The molecule has 0 spiro atoms. The number of carbonyl (C=O) groups is 4. The predicted molar refractivity (Wildman–Crippen MR) is 171 cm³/mol. The lowest BCUT2D eigenvalue weighted by Crippen LogP contribution is -2.27. The lowest BCUT2D eigenvalue weighted by Gasteiger charge is -2.11. The second-order valence-electron chi connectivity index (χ2n) is 10.2. The summed E-state index contributed by atoms with van der Waals surface area (Å²) in [5, 5.41) is 5.35. The van der Waals surface area contributed by atoms with Crippen molar-refractivity contribution in [2.75, 3.05) is 65.9 Å². The molecule has 0 heterocycles. The molecule has 2 N–H and O–H groups in total. The van der Waals surface area contributed by atoms with Crippen LogP contribution < -0.4 is 20.1 Å². The molecule has 46 heavy (non-hydrogen) atoms. The highest BCUT2D eigenvalue weighted by Crippen LogP contribution is 2.19. The van der Waals surface area contributed by atoms with E-state index in [0.29, 0.717) is 81.6 Å². The summed E-state index contributed by atoms with van der Waals surface area (Å²) < 4.78 is 37.1. The van der Waals surface area contributed by atoms with Crippen molar-refractivity contribution in [3.63, 3.8) is 0 Å². The molecule has 0 aromatic heterocycles. The van der Waals surface area contributed by atoms with E-state index in [0.717, 1.165) is 32.1 Å². The van der Waals surface area contributed by atoms with Crippen molar-refractivity contribution < 1.29 is 52.3 Å². The van der Waals surface area contributed by atoms with E-state index < -0.39 is 18.2 Å². The third kappa shape index (κ3) is 22.3. The van der Waals surface area contributed by atoms with Crippen LogP contribution in [-0.4, -0.2) is 90.1 Å². The minimum absolute atomic E-state index is 0.0867. The van der Waals surface area contributed by atoms with Gasteiger partial charge in [0.05, 0.1) is 26.4 Å². The van der Waals surface area contributed by atoms with Gasteiger partial charge in [-0.1, -0.05) is 19.2 Å². The zero-order valence-electron chi connectivity index (χ0n) is 27.2. The van der Waals surface area contributed by atoms with Gasteiger partial charge in [0.25, 0.3) is 0 Å². The lowest BCUT2D eigenvalue weighted by molar-refractivity contribution is -0.139. The Morgan fingerprint density at radius 2 is 1.04 bits per heavy atom. The van der Waals surface area contributed by atoms with E-state index in [1.165, 1.54) is 0 Å². The average molecular weight is 651 g/mol. The molecule has 0 unspecified atom stereocenters. The van der Waals surface area contributed by atoms with Crippen LogP contribution in [0.4, 0.5) is 9.59 Å². The molecule has 0 bridgehead atoms. The van der Waals surface area contributed by atoms with E-state index in [4.69, 9.17) is 33.2 Å². The molecule has 0 fully saturated rings. The fourth-order valence-corrected chi connectivity index (χ4v) is 3.46. The molecule has 0 saturated heterocycles. The quantitative estimate of drug-likeness (QED) is 0.0609. The molecule has 2 amide bonds. The SMILES string of the molecule is C=C(C)C(=O)OCCCCCNC(=O)OCCCOCCOc1cccc(OCCOC(=O)NCCCCCOC(=O)C(=C)C)c1. The number of nitrogens with one attached hydrogen (secondary N) is 2. The van der Waals surface area contributed by atoms with Crippen molar-refractivity contribution in [3.05, 3.63) is 48.6 Å². The molecule has 0 aliphatic rings. The third-order valence-electron chi connectivity index (χ3n) is 5.90. The maximum absolute atomic E-state index is 11.8. The molecule has 13 heteroatoms. The van der Waals surface area contributed by atoms with Gasteiger partial charge in [-0.15, -0.1) is 0 Å². The number of alkyl carbamates (subject to hydrolysis) is 2. The van der Waals surface area contributed by atoms with Crippen LogP contribution in [0.3, 0.4) is 0 Å². The Morgan fingerprint density at radius 3 is 1.57 bits per heavy atom. The van der Waals surface area contributed by atoms with Crippen LogP contribution in [-0.2, 0) is 33.3 Å². The highest BCUT2D eigenvalue weighted by Gasteiger charge is 2.06. The van der Waals surface area contributed by atoms with E-state index in [9.17, 15) is 19.2 Å². The largest absolute Gasteiger partial charge is 0.491 e. The van der Waals surface area contributed by atoms with E-state index in [1.54, 1.807) is 38.1 Å². The molecular weight excluding hydrogens is 600 g/mol. The highest BCUT2D eigenvalue weighted by molar-refractivity contribution is 5.87. The molecule has 1 rings (SSSR count). The van der Waals surface area contributed by atoms with Gasteiger partial charge in [-0.2, -0.15) is 0 Å². The number of unbranched alkanes of at least 4 members (excludes halogenated alkanes) is 4. The summed E-state index contributed by atoms with van der Waals surface area (Å²) in [5.74, 6) is 0.410. The molecule has 1 aromatic carbocycles. The summed E-state index contributed by atoms with van der Waals surface area (Å²) in [6.07, 6.45) is 4.10. The molecule has 0 aliphatic heterocycles. The Labute approximate surface area is 271 Å². The zero-order chi connectivity index (χ0) is 33.8.